The summed E-state index contributed by atoms with van der Waals surface area (Å²) in [5, 5.41) is 0. The van der Waals surface area contributed by atoms with Gasteiger partial charge in [0.2, 0.25) is 0 Å². The van der Waals surface area contributed by atoms with Crippen LogP contribution in [0, 0.1) is 5.92 Å². The maximum absolute atomic E-state index is 7.27. The van der Waals surface area contributed by atoms with E-state index in [1.54, 1.807) is 0 Å². The molecule has 0 amide bonds. The highest BCUT2D eigenvalue weighted by atomic mass is 16.0. The number of hydrogen-bond acceptors (Lipinski definition) is 1. The summed E-state index contributed by atoms with van der Waals surface area (Å²) in [6.07, 6.45) is 31.7. The molecule has 2 nitrogen and oxygen atoms in total. The fourth-order valence-corrected chi connectivity index (χ4v) is 5.24. The third-order valence-electron chi connectivity index (χ3n) is 7.35. The third-order valence-corrected chi connectivity index (χ3v) is 7.35. The van der Waals surface area contributed by atoms with Crippen LogP contribution in [0.4, 0.5) is 0 Å². The van der Waals surface area contributed by atoms with Crippen LogP contribution in [-0.4, -0.2) is 11.0 Å². The van der Waals surface area contributed by atoms with Crippen LogP contribution in [0.2, 0.25) is 0 Å². The normalized spacial score (nSPS) is 12.7. The lowest BCUT2D eigenvalue weighted by Gasteiger charge is -2.39. The number of rotatable bonds is 24. The van der Waals surface area contributed by atoms with Gasteiger partial charge in [-0.25, -0.2) is 0 Å². The fraction of sp³-hybridized carbons (Fsp3) is 1.00. The largest absolute Gasteiger partial charge is 0.412 e. The lowest BCUT2D eigenvalue weighted by atomic mass is 9.72. The van der Waals surface area contributed by atoms with Gasteiger partial charge in [0.15, 0.2) is 0 Å². The molecule has 0 radical (unpaired) electrons. The fourth-order valence-electron chi connectivity index (χ4n) is 5.24. The Morgan fingerprint density at radius 3 is 1.19 bits per heavy atom. The zero-order chi connectivity index (χ0) is 22.3. The molecule has 0 aromatic carbocycles. The molecule has 0 aliphatic carbocycles. The van der Waals surface area contributed by atoms with Crippen molar-refractivity contribution in [2.24, 2.45) is 11.7 Å². The van der Waals surface area contributed by atoms with Crippen LogP contribution in [0.5, 0.6) is 0 Å². The van der Waals surface area contributed by atoms with Crippen LogP contribution in [0.25, 0.3) is 0 Å². The number of nitrogens with two attached hydrogens (primary N) is 1. The van der Waals surface area contributed by atoms with Gasteiger partial charge in [0.05, 0.1) is 0 Å². The lowest BCUT2D eigenvalue weighted by Crippen LogP contribution is -2.47. The van der Waals surface area contributed by atoms with Gasteiger partial charge in [-0.3, -0.25) is 0 Å². The van der Waals surface area contributed by atoms with E-state index in [2.05, 4.69) is 27.7 Å². The SMILES string of the molecule is CCCCCCCCC(CCC)C(N)(CCCCCCCC)CCCCCCCC.O. The highest BCUT2D eigenvalue weighted by Gasteiger charge is 2.32. The summed E-state index contributed by atoms with van der Waals surface area (Å²) >= 11 is 0. The summed E-state index contributed by atoms with van der Waals surface area (Å²) in [5.41, 5.74) is 7.38. The molecule has 0 saturated carbocycles. The number of hydrogen-bond donors (Lipinski definition) is 1. The van der Waals surface area contributed by atoms with E-state index in [1.807, 2.05) is 0 Å². The molecule has 190 valence electrons. The Hall–Kier alpha value is -0.0800. The molecule has 0 rings (SSSR count). The standard InChI is InChI=1S/C29H61N.H2O/c1-5-9-12-15-18-21-25-28(24-8-4)29(30,26-22-19-16-13-10-6-2)27-23-20-17-14-11-7-3;/h28H,5-27,30H2,1-4H3;1H2. The molecule has 0 spiro atoms. The van der Waals surface area contributed by atoms with Crippen LogP contribution in [0.1, 0.15) is 175 Å². The molecule has 4 N–H and O–H groups in total. The van der Waals surface area contributed by atoms with Crippen LogP contribution in [0.3, 0.4) is 0 Å². The number of unbranched alkanes of at least 4 members (excludes halogenated alkanes) is 15. The second-order valence-corrected chi connectivity index (χ2v) is 10.3. The highest BCUT2D eigenvalue weighted by molar-refractivity contribution is 4.91. The Morgan fingerprint density at radius 1 is 0.452 bits per heavy atom. The summed E-state index contributed by atoms with van der Waals surface area (Å²) < 4.78 is 0. The van der Waals surface area contributed by atoms with Crippen molar-refractivity contribution in [2.45, 2.75) is 181 Å². The molecule has 0 heterocycles. The Bertz CT molecular complexity index is 315. The van der Waals surface area contributed by atoms with E-state index in [1.165, 1.54) is 148 Å². The van der Waals surface area contributed by atoms with Gasteiger partial charge < -0.3 is 11.2 Å². The molecule has 31 heavy (non-hydrogen) atoms. The smallest absolute Gasteiger partial charge is 0.0182 e. The van der Waals surface area contributed by atoms with Crippen LogP contribution < -0.4 is 5.73 Å². The Kier molecular flexibility index (Phi) is 26.2. The Balaban J connectivity index is 0. The van der Waals surface area contributed by atoms with Crippen molar-refractivity contribution in [2.75, 3.05) is 0 Å². The molecule has 0 aliphatic rings. The van der Waals surface area contributed by atoms with Gasteiger partial charge in [0, 0.05) is 5.54 Å². The maximum atomic E-state index is 7.27. The summed E-state index contributed by atoms with van der Waals surface area (Å²) in [6.45, 7) is 9.29. The van der Waals surface area contributed by atoms with Crippen molar-refractivity contribution in [3.05, 3.63) is 0 Å². The van der Waals surface area contributed by atoms with Gasteiger partial charge in [0.1, 0.15) is 0 Å². The third kappa shape index (κ3) is 19.1. The van der Waals surface area contributed by atoms with Crippen molar-refractivity contribution in [1.82, 2.24) is 0 Å². The van der Waals surface area contributed by atoms with Crippen molar-refractivity contribution >= 4 is 0 Å². The first kappa shape index (κ1) is 33.1. The monoisotopic (exact) mass is 441 g/mol. The highest BCUT2D eigenvalue weighted by Crippen LogP contribution is 2.35. The van der Waals surface area contributed by atoms with E-state index in [9.17, 15) is 0 Å². The molecular weight excluding hydrogens is 378 g/mol. The Morgan fingerprint density at radius 2 is 0.806 bits per heavy atom. The first-order valence-electron chi connectivity index (χ1n) is 14.4. The van der Waals surface area contributed by atoms with Gasteiger partial charge >= 0.3 is 0 Å². The van der Waals surface area contributed by atoms with Crippen LogP contribution in [-0.2, 0) is 0 Å². The lowest BCUT2D eigenvalue weighted by molar-refractivity contribution is 0.192. The molecule has 0 aromatic rings. The minimum atomic E-state index is 0. The topological polar surface area (TPSA) is 57.5 Å². The molecule has 0 bridgehead atoms. The van der Waals surface area contributed by atoms with Gasteiger partial charge in [-0.15, -0.1) is 0 Å². The van der Waals surface area contributed by atoms with Crippen molar-refractivity contribution in [1.29, 1.82) is 0 Å². The second kappa shape index (κ2) is 24.6. The average Bonchev–Trinajstić information content (AvgIpc) is 2.74. The van der Waals surface area contributed by atoms with Crippen LogP contribution >= 0.6 is 0 Å². The quantitative estimate of drug-likeness (QED) is 0.149. The predicted molar refractivity (Wildman–Crippen MR) is 143 cm³/mol. The molecule has 0 aromatic heterocycles. The Labute approximate surface area is 198 Å². The van der Waals surface area contributed by atoms with Gasteiger partial charge in [-0.1, -0.05) is 150 Å². The summed E-state index contributed by atoms with van der Waals surface area (Å²) in [6, 6.07) is 0. The van der Waals surface area contributed by atoms with Gasteiger partial charge in [-0.2, -0.15) is 0 Å². The molecule has 0 aliphatic heterocycles. The maximum Gasteiger partial charge on any atom is 0.0182 e. The van der Waals surface area contributed by atoms with Gasteiger partial charge in [-0.05, 0) is 31.6 Å². The summed E-state index contributed by atoms with van der Waals surface area (Å²) in [4.78, 5) is 0. The summed E-state index contributed by atoms with van der Waals surface area (Å²) in [5.74, 6) is 0.750. The zero-order valence-electron chi connectivity index (χ0n) is 22.4. The zero-order valence-corrected chi connectivity index (χ0v) is 22.4. The van der Waals surface area contributed by atoms with E-state index in [-0.39, 0.29) is 11.0 Å². The van der Waals surface area contributed by atoms with E-state index in [0.717, 1.165) is 5.92 Å². The first-order chi connectivity index (χ1) is 14.6. The van der Waals surface area contributed by atoms with Crippen molar-refractivity contribution in [3.63, 3.8) is 0 Å². The van der Waals surface area contributed by atoms with Crippen LogP contribution in [0.15, 0.2) is 0 Å². The van der Waals surface area contributed by atoms with E-state index >= 15 is 0 Å². The molecule has 1 atom stereocenters. The van der Waals surface area contributed by atoms with Gasteiger partial charge in [0.25, 0.3) is 0 Å². The first-order valence-corrected chi connectivity index (χ1v) is 14.4. The van der Waals surface area contributed by atoms with Crippen molar-refractivity contribution < 1.29 is 5.48 Å². The van der Waals surface area contributed by atoms with Crippen molar-refractivity contribution in [3.8, 4) is 0 Å². The second-order valence-electron chi connectivity index (χ2n) is 10.3. The average molecular weight is 442 g/mol. The molecule has 2 heteroatoms. The predicted octanol–water partition coefficient (Wildman–Crippen LogP) is 9.53. The minimum absolute atomic E-state index is 0. The molecular formula is C29H63NO. The van der Waals surface area contributed by atoms with E-state index < -0.39 is 0 Å². The minimum Gasteiger partial charge on any atom is -0.412 e. The van der Waals surface area contributed by atoms with E-state index in [4.69, 9.17) is 5.73 Å². The molecule has 0 saturated heterocycles. The molecule has 0 fully saturated rings. The summed E-state index contributed by atoms with van der Waals surface area (Å²) in [7, 11) is 0. The molecule has 1 unspecified atom stereocenters. The van der Waals surface area contributed by atoms with E-state index in [0.29, 0.717) is 0 Å².